The van der Waals surface area contributed by atoms with Gasteiger partial charge in [0.1, 0.15) is 29.2 Å². The Balaban J connectivity index is 1.59. The fourth-order valence-electron chi connectivity index (χ4n) is 2.94. The zero-order valence-electron chi connectivity index (χ0n) is 16.5. The summed E-state index contributed by atoms with van der Waals surface area (Å²) in [5, 5.41) is 20.5. The number of H-pyrrole nitrogens is 1. The number of carbonyl (C=O) groups excluding carboxylic acids is 1. The molecule has 1 aromatic heterocycles. The first-order chi connectivity index (χ1) is 15.0. The number of ether oxygens (including phenoxy) is 1. The van der Waals surface area contributed by atoms with Crippen molar-refractivity contribution in [2.75, 3.05) is 6.61 Å². The lowest BCUT2D eigenvalue weighted by Gasteiger charge is -2.28. The van der Waals surface area contributed by atoms with Gasteiger partial charge in [-0.05, 0) is 6.07 Å². The number of hydrogen-bond donors (Lipinski definition) is 3. The summed E-state index contributed by atoms with van der Waals surface area (Å²) in [6.07, 6.45) is -6.63. The Morgan fingerprint density at radius 3 is 2.97 bits per heavy atom. The molecule has 1 saturated heterocycles. The van der Waals surface area contributed by atoms with Gasteiger partial charge in [-0.3, -0.25) is 23.4 Å². The molecular formula is C17H16FN2O9PS. The number of aromatic nitrogens is 2. The Kier molecular flexibility index (Phi) is 5.34. The molecule has 1 unspecified atom stereocenters. The molecule has 2 aliphatic rings. The molecule has 1 fully saturated rings. The molecular weight excluding hydrogens is 458 g/mol. The van der Waals surface area contributed by atoms with E-state index in [0.29, 0.717) is 10.1 Å². The number of para-hydroxylation sites is 1. The van der Waals surface area contributed by atoms with Gasteiger partial charge in [0.2, 0.25) is 0 Å². The number of aromatic amines is 1. The molecule has 0 radical (unpaired) electrons. The van der Waals surface area contributed by atoms with E-state index in [-0.39, 0.29) is 28.8 Å². The Hall–Kier alpha value is -2.25. The number of rotatable bonds is 5. The van der Waals surface area contributed by atoms with Crippen LogP contribution in [0.5, 0.6) is 5.75 Å². The largest absolute Gasteiger partial charge is 0.530 e. The van der Waals surface area contributed by atoms with Crippen LogP contribution in [0.15, 0.2) is 35.3 Å². The van der Waals surface area contributed by atoms with E-state index in [9.17, 15) is 24.4 Å². The van der Waals surface area contributed by atoms with Gasteiger partial charge in [0.15, 0.2) is 12.5 Å². The topological polar surface area (TPSA) is 149 Å². The van der Waals surface area contributed by atoms with Gasteiger partial charge in [0.25, 0.3) is 5.85 Å². The standard InChI is InChI=1S/C17H16FN2O9PS/c18-17(8-27-30(25)26-7-9-3-1-2-4-11(9)29-30)13(23)12(22)15(28-17)20-5-10(6-21)14(31)19-16(20)24/h1-6,12-13,15,22-23H,7-8H2,(H,19,24,31)/t12-,13+,15-,17-,30?/m1/s1/i15D. The Bertz CT molecular complexity index is 1240. The van der Waals surface area contributed by atoms with Gasteiger partial charge in [0, 0.05) is 11.8 Å². The molecule has 1 aromatic carbocycles. The molecule has 3 N–H and O–H groups in total. The number of phosphoric acid groups is 1. The number of phosphoric ester groups is 1. The fourth-order valence-corrected chi connectivity index (χ4v) is 4.36. The van der Waals surface area contributed by atoms with Crippen molar-refractivity contribution in [3.63, 3.8) is 0 Å². The van der Waals surface area contributed by atoms with E-state index in [1.807, 2.05) is 0 Å². The second-order valence-corrected chi connectivity index (χ2v) is 8.64. The SMILES string of the molecule is [2H][C@@]1(n2cc(C=O)c(=S)[nH]c2=O)O[C@](F)(COP2(=O)OCc3ccccc3O2)[C@@H](O)[C@H]1O. The van der Waals surface area contributed by atoms with Crippen molar-refractivity contribution >= 4 is 26.3 Å². The third kappa shape index (κ3) is 4.01. The predicted octanol–water partition coefficient (Wildman–Crippen LogP) is 1.37. The highest BCUT2D eigenvalue weighted by molar-refractivity contribution is 7.71. The molecule has 4 rings (SSSR count). The predicted molar refractivity (Wildman–Crippen MR) is 103 cm³/mol. The molecule has 0 spiro atoms. The van der Waals surface area contributed by atoms with Gasteiger partial charge in [0.05, 0.1) is 13.5 Å². The van der Waals surface area contributed by atoms with E-state index in [0.717, 1.165) is 6.20 Å². The van der Waals surface area contributed by atoms with E-state index >= 15 is 4.39 Å². The summed E-state index contributed by atoms with van der Waals surface area (Å²) >= 11 is 4.79. The highest BCUT2D eigenvalue weighted by Crippen LogP contribution is 2.55. The van der Waals surface area contributed by atoms with Crippen LogP contribution in [0.25, 0.3) is 0 Å². The first-order valence-corrected chi connectivity index (χ1v) is 10.6. The smallest absolute Gasteiger partial charge is 0.404 e. The number of aliphatic hydroxyl groups is 2. The van der Waals surface area contributed by atoms with Gasteiger partial charge in [-0.15, -0.1) is 0 Å². The van der Waals surface area contributed by atoms with Crippen LogP contribution in [-0.2, 0) is 25.0 Å². The highest BCUT2D eigenvalue weighted by atomic mass is 32.1. The molecule has 5 atom stereocenters. The van der Waals surface area contributed by atoms with Crippen LogP contribution in [0.4, 0.5) is 4.39 Å². The number of aldehydes is 1. The zero-order valence-corrected chi connectivity index (χ0v) is 17.2. The number of benzene rings is 1. The van der Waals surface area contributed by atoms with Gasteiger partial charge in [-0.2, -0.15) is 0 Å². The van der Waals surface area contributed by atoms with Crippen molar-refractivity contribution < 1.29 is 43.6 Å². The van der Waals surface area contributed by atoms with Crippen LogP contribution in [-0.4, -0.2) is 50.7 Å². The average molecular weight is 475 g/mol. The van der Waals surface area contributed by atoms with Crippen LogP contribution < -0.4 is 10.2 Å². The van der Waals surface area contributed by atoms with Gasteiger partial charge in [-0.1, -0.05) is 30.4 Å². The van der Waals surface area contributed by atoms with Crippen LogP contribution in [0.3, 0.4) is 0 Å². The number of alkyl halides is 1. The Morgan fingerprint density at radius 1 is 1.48 bits per heavy atom. The van der Waals surface area contributed by atoms with Crippen LogP contribution in [0.2, 0.25) is 0 Å². The Morgan fingerprint density at radius 2 is 2.23 bits per heavy atom. The number of nitrogens with zero attached hydrogens (tertiary/aromatic N) is 1. The van der Waals surface area contributed by atoms with E-state index in [1.54, 1.807) is 18.2 Å². The van der Waals surface area contributed by atoms with E-state index in [4.69, 9.17) is 31.9 Å². The number of nitrogens with one attached hydrogen (secondary N) is 1. The number of carbonyl (C=O) groups is 1. The highest BCUT2D eigenvalue weighted by Gasteiger charge is 2.57. The first kappa shape index (κ1) is 20.6. The third-order valence-corrected chi connectivity index (χ3v) is 6.23. The maximum atomic E-state index is 15.4. The quantitative estimate of drug-likeness (QED) is 0.329. The van der Waals surface area contributed by atoms with E-state index in [2.05, 4.69) is 4.98 Å². The minimum absolute atomic E-state index is 0.158. The molecule has 2 aliphatic heterocycles. The summed E-state index contributed by atoms with van der Waals surface area (Å²) in [4.78, 5) is 25.4. The summed E-state index contributed by atoms with van der Waals surface area (Å²) in [6.45, 7) is -1.45. The summed E-state index contributed by atoms with van der Waals surface area (Å²) < 4.78 is 56.6. The Labute approximate surface area is 180 Å². The second kappa shape index (κ2) is 8.02. The molecule has 166 valence electrons. The van der Waals surface area contributed by atoms with Crippen molar-refractivity contribution in [1.82, 2.24) is 9.55 Å². The van der Waals surface area contributed by atoms with Gasteiger partial charge < -0.3 is 19.5 Å². The first-order valence-electron chi connectivity index (χ1n) is 9.25. The average Bonchev–Trinajstić information content (AvgIpc) is 2.93. The lowest BCUT2D eigenvalue weighted by atomic mass is 10.1. The number of halogens is 1. The third-order valence-electron chi connectivity index (χ3n) is 4.58. The molecule has 0 aliphatic carbocycles. The monoisotopic (exact) mass is 475 g/mol. The molecule has 14 heteroatoms. The minimum atomic E-state index is -4.34. The van der Waals surface area contributed by atoms with Crippen molar-refractivity contribution in [3.05, 3.63) is 56.7 Å². The van der Waals surface area contributed by atoms with Crippen molar-refractivity contribution in [1.29, 1.82) is 0 Å². The molecule has 0 saturated carbocycles. The lowest BCUT2D eigenvalue weighted by Crippen LogP contribution is -2.43. The number of hydrogen-bond acceptors (Lipinski definition) is 10. The number of fused-ring (bicyclic) bond motifs is 1. The van der Waals surface area contributed by atoms with Gasteiger partial charge >= 0.3 is 13.5 Å². The van der Waals surface area contributed by atoms with E-state index < -0.39 is 44.4 Å². The maximum Gasteiger partial charge on any atom is 0.530 e. The summed E-state index contributed by atoms with van der Waals surface area (Å²) in [5.41, 5.74) is -0.798. The molecule has 2 aromatic rings. The van der Waals surface area contributed by atoms with E-state index in [1.165, 1.54) is 6.07 Å². The lowest BCUT2D eigenvalue weighted by molar-refractivity contribution is -0.205. The maximum absolute atomic E-state index is 15.4. The number of aliphatic hydroxyl groups excluding tert-OH is 2. The van der Waals surface area contributed by atoms with Crippen molar-refractivity contribution in [2.24, 2.45) is 0 Å². The van der Waals surface area contributed by atoms with Crippen LogP contribution >= 0.6 is 20.0 Å². The molecule has 31 heavy (non-hydrogen) atoms. The normalized spacial score (nSPS) is 35.1. The molecule has 0 bridgehead atoms. The molecule has 0 amide bonds. The zero-order chi connectivity index (χ0) is 23.3. The van der Waals surface area contributed by atoms with Crippen molar-refractivity contribution in [2.45, 2.75) is 30.9 Å². The molecule has 11 nitrogen and oxygen atoms in total. The minimum Gasteiger partial charge on any atom is -0.404 e. The summed E-state index contributed by atoms with van der Waals surface area (Å²) in [7, 11) is -4.34. The van der Waals surface area contributed by atoms with Crippen LogP contribution in [0.1, 0.15) is 23.5 Å². The molecule has 3 heterocycles. The van der Waals surface area contributed by atoms with Crippen molar-refractivity contribution in [3.8, 4) is 5.75 Å². The summed E-state index contributed by atoms with van der Waals surface area (Å²) in [5.74, 6) is -3.12. The second-order valence-electron chi connectivity index (χ2n) is 6.64. The summed E-state index contributed by atoms with van der Waals surface area (Å²) in [6, 6.07) is 6.46. The van der Waals surface area contributed by atoms with Gasteiger partial charge in [-0.25, -0.2) is 13.8 Å². The van der Waals surface area contributed by atoms with Crippen LogP contribution in [0, 0.1) is 4.64 Å². The fraction of sp³-hybridized carbons (Fsp3) is 0.353.